The molecule has 0 bridgehead atoms. The lowest BCUT2D eigenvalue weighted by atomic mass is 10.2. The first-order valence-electron chi connectivity index (χ1n) is 6.33. The number of carbonyl (C=O) groups is 1. The Morgan fingerprint density at radius 2 is 1.91 bits per heavy atom. The monoisotopic (exact) mass is 339 g/mol. The van der Waals surface area contributed by atoms with Gasteiger partial charge >= 0.3 is 5.97 Å². The molecule has 0 saturated carbocycles. The van der Waals surface area contributed by atoms with E-state index < -0.39 is 16.0 Å². The number of ether oxygens (including phenoxy) is 1. The summed E-state index contributed by atoms with van der Waals surface area (Å²) in [6.07, 6.45) is 0. The van der Waals surface area contributed by atoms with Gasteiger partial charge in [0.1, 0.15) is 0 Å². The second kappa shape index (κ2) is 6.81. The van der Waals surface area contributed by atoms with Crippen molar-refractivity contribution in [3.63, 3.8) is 0 Å². The van der Waals surface area contributed by atoms with Gasteiger partial charge in [0, 0.05) is 5.02 Å². The molecule has 0 aromatic heterocycles. The molecule has 2 aromatic rings. The summed E-state index contributed by atoms with van der Waals surface area (Å²) in [4.78, 5) is 11.6. The molecule has 0 saturated heterocycles. The zero-order valence-corrected chi connectivity index (χ0v) is 13.3. The van der Waals surface area contributed by atoms with Crippen LogP contribution in [-0.2, 0) is 20.5 Å². The fraction of sp³-hybridized carbons (Fsp3) is 0.133. The molecule has 0 unspecified atom stereocenters. The average Bonchev–Trinajstić information content (AvgIpc) is 2.46. The third-order valence-corrected chi connectivity index (χ3v) is 4.32. The summed E-state index contributed by atoms with van der Waals surface area (Å²) in [5.41, 5.74) is 0.881. The largest absolute Gasteiger partial charge is 0.465 e. The number of halogens is 1. The summed E-state index contributed by atoms with van der Waals surface area (Å²) in [6.45, 7) is 0. The Morgan fingerprint density at radius 1 is 1.18 bits per heavy atom. The van der Waals surface area contributed by atoms with Crippen LogP contribution in [0.15, 0.2) is 48.5 Å². The Balaban J connectivity index is 2.24. The van der Waals surface area contributed by atoms with E-state index in [1.807, 2.05) is 0 Å². The molecule has 0 heterocycles. The maximum absolute atomic E-state index is 12.2. The first-order chi connectivity index (χ1) is 10.4. The molecule has 0 aliphatic carbocycles. The van der Waals surface area contributed by atoms with E-state index in [4.69, 9.17) is 11.6 Å². The Labute approximate surface area is 133 Å². The maximum atomic E-state index is 12.2. The van der Waals surface area contributed by atoms with Crippen molar-refractivity contribution >= 4 is 33.3 Å². The third kappa shape index (κ3) is 4.22. The molecule has 0 aliphatic heterocycles. The molecule has 2 rings (SSSR count). The molecule has 0 spiro atoms. The Morgan fingerprint density at radius 3 is 2.59 bits per heavy atom. The van der Waals surface area contributed by atoms with Crippen molar-refractivity contribution in [2.75, 3.05) is 11.8 Å². The van der Waals surface area contributed by atoms with Crippen LogP contribution >= 0.6 is 11.6 Å². The predicted octanol–water partition coefficient (Wildman–Crippen LogP) is 3.07. The van der Waals surface area contributed by atoms with Crippen LogP contribution in [0.1, 0.15) is 15.9 Å². The number of rotatable bonds is 5. The SMILES string of the molecule is COC(=O)c1ccccc1NS(=O)(=O)Cc1cccc(Cl)c1. The van der Waals surface area contributed by atoms with Crippen LogP contribution in [0.2, 0.25) is 5.02 Å². The van der Waals surface area contributed by atoms with Crippen molar-refractivity contribution in [1.29, 1.82) is 0 Å². The quantitative estimate of drug-likeness (QED) is 0.850. The molecule has 0 amide bonds. The van der Waals surface area contributed by atoms with Gasteiger partial charge in [0.15, 0.2) is 0 Å². The summed E-state index contributed by atoms with van der Waals surface area (Å²) in [5.74, 6) is -0.857. The van der Waals surface area contributed by atoms with Crippen molar-refractivity contribution in [1.82, 2.24) is 0 Å². The van der Waals surface area contributed by atoms with Gasteiger partial charge in [-0.1, -0.05) is 35.9 Å². The first-order valence-corrected chi connectivity index (χ1v) is 8.36. The van der Waals surface area contributed by atoms with E-state index in [2.05, 4.69) is 9.46 Å². The molecule has 5 nitrogen and oxygen atoms in total. The van der Waals surface area contributed by atoms with Crippen LogP contribution in [0.25, 0.3) is 0 Å². The van der Waals surface area contributed by atoms with Crippen LogP contribution in [0, 0.1) is 0 Å². The van der Waals surface area contributed by atoms with Gasteiger partial charge in [0.2, 0.25) is 10.0 Å². The van der Waals surface area contributed by atoms with Crippen molar-refractivity contribution in [3.05, 3.63) is 64.7 Å². The Bertz CT molecular complexity index is 790. The molecule has 7 heteroatoms. The summed E-state index contributed by atoms with van der Waals surface area (Å²) >= 11 is 5.84. The second-order valence-electron chi connectivity index (χ2n) is 4.53. The lowest BCUT2D eigenvalue weighted by Gasteiger charge is -2.11. The number of hydrogen-bond donors (Lipinski definition) is 1. The molecule has 0 radical (unpaired) electrons. The molecular weight excluding hydrogens is 326 g/mol. The van der Waals surface area contributed by atoms with Gasteiger partial charge < -0.3 is 4.74 Å². The minimum atomic E-state index is -3.69. The molecule has 1 N–H and O–H groups in total. The van der Waals surface area contributed by atoms with Crippen molar-refractivity contribution < 1.29 is 17.9 Å². The van der Waals surface area contributed by atoms with Crippen LogP contribution in [-0.4, -0.2) is 21.5 Å². The van der Waals surface area contributed by atoms with Gasteiger partial charge in [-0.15, -0.1) is 0 Å². The van der Waals surface area contributed by atoms with Crippen LogP contribution in [0.3, 0.4) is 0 Å². The van der Waals surface area contributed by atoms with E-state index >= 15 is 0 Å². The highest BCUT2D eigenvalue weighted by atomic mass is 35.5. The number of sulfonamides is 1. The molecule has 22 heavy (non-hydrogen) atoms. The Hall–Kier alpha value is -2.05. The molecular formula is C15H14ClNO4S. The molecule has 0 aliphatic rings. The number of anilines is 1. The minimum Gasteiger partial charge on any atom is -0.465 e. The standard InChI is InChI=1S/C15H14ClNO4S/c1-21-15(18)13-7-2-3-8-14(13)17-22(19,20)10-11-5-4-6-12(16)9-11/h2-9,17H,10H2,1H3. The van der Waals surface area contributed by atoms with E-state index in [1.165, 1.54) is 19.2 Å². The van der Waals surface area contributed by atoms with Crippen molar-refractivity contribution in [3.8, 4) is 0 Å². The third-order valence-electron chi connectivity index (χ3n) is 2.84. The average molecular weight is 340 g/mol. The summed E-state index contributed by atoms with van der Waals surface area (Å²) < 4.78 is 31.5. The topological polar surface area (TPSA) is 72.5 Å². The number of methoxy groups -OCH3 is 1. The van der Waals surface area contributed by atoms with Gasteiger partial charge in [-0.3, -0.25) is 4.72 Å². The van der Waals surface area contributed by atoms with Crippen LogP contribution in [0.5, 0.6) is 0 Å². The Kier molecular flexibility index (Phi) is 5.05. The lowest BCUT2D eigenvalue weighted by molar-refractivity contribution is 0.0602. The number of para-hydroxylation sites is 1. The second-order valence-corrected chi connectivity index (χ2v) is 6.69. The number of carbonyl (C=O) groups excluding carboxylic acids is 1. The smallest absolute Gasteiger partial charge is 0.339 e. The number of benzene rings is 2. The van der Waals surface area contributed by atoms with Gasteiger partial charge in [-0.05, 0) is 29.8 Å². The van der Waals surface area contributed by atoms with Gasteiger partial charge in [-0.25, -0.2) is 13.2 Å². The number of nitrogens with one attached hydrogen (secondary N) is 1. The highest BCUT2D eigenvalue weighted by Gasteiger charge is 2.17. The van der Waals surface area contributed by atoms with E-state index in [0.717, 1.165) is 0 Å². The zero-order chi connectivity index (χ0) is 16.2. The molecule has 0 atom stereocenters. The lowest BCUT2D eigenvalue weighted by Crippen LogP contribution is -2.17. The highest BCUT2D eigenvalue weighted by molar-refractivity contribution is 7.91. The van der Waals surface area contributed by atoms with Crippen LogP contribution in [0.4, 0.5) is 5.69 Å². The summed E-state index contributed by atoms with van der Waals surface area (Å²) in [6, 6.07) is 12.8. The number of esters is 1. The molecule has 0 fully saturated rings. The van der Waals surface area contributed by atoms with Gasteiger partial charge in [0.25, 0.3) is 0 Å². The predicted molar refractivity (Wildman–Crippen MR) is 85.5 cm³/mol. The van der Waals surface area contributed by atoms with Crippen LogP contribution < -0.4 is 4.72 Å². The van der Waals surface area contributed by atoms with E-state index in [0.29, 0.717) is 10.6 Å². The minimum absolute atomic E-state index is 0.152. The number of hydrogen-bond acceptors (Lipinski definition) is 4. The van der Waals surface area contributed by atoms with Crippen molar-refractivity contribution in [2.24, 2.45) is 0 Å². The first kappa shape index (κ1) is 16.3. The highest BCUT2D eigenvalue weighted by Crippen LogP contribution is 2.20. The maximum Gasteiger partial charge on any atom is 0.339 e. The van der Waals surface area contributed by atoms with Gasteiger partial charge in [0.05, 0.1) is 24.1 Å². The van der Waals surface area contributed by atoms with Crippen molar-refractivity contribution in [2.45, 2.75) is 5.75 Å². The fourth-order valence-corrected chi connectivity index (χ4v) is 3.33. The van der Waals surface area contributed by atoms with E-state index in [9.17, 15) is 13.2 Å². The molecule has 116 valence electrons. The summed E-state index contributed by atoms with van der Waals surface area (Å²) in [5, 5.41) is 0.461. The fourth-order valence-electron chi connectivity index (χ4n) is 1.91. The zero-order valence-electron chi connectivity index (χ0n) is 11.7. The van der Waals surface area contributed by atoms with E-state index in [1.54, 1.807) is 36.4 Å². The van der Waals surface area contributed by atoms with Gasteiger partial charge in [-0.2, -0.15) is 0 Å². The summed E-state index contributed by atoms with van der Waals surface area (Å²) in [7, 11) is -2.45. The molecule has 2 aromatic carbocycles. The normalized spacial score (nSPS) is 11.0. The van der Waals surface area contributed by atoms with E-state index in [-0.39, 0.29) is 17.0 Å².